The molecule has 3 amide bonds. The summed E-state index contributed by atoms with van der Waals surface area (Å²) in [5.74, 6) is 0.334. The van der Waals surface area contributed by atoms with Crippen LogP contribution in [-0.4, -0.2) is 47.2 Å². The Morgan fingerprint density at radius 2 is 2.31 bits per heavy atom. The molecule has 0 saturated carbocycles. The highest BCUT2D eigenvalue weighted by molar-refractivity contribution is 8.00. The lowest BCUT2D eigenvalue weighted by atomic mass is 10.3. The van der Waals surface area contributed by atoms with Crippen molar-refractivity contribution in [3.05, 3.63) is 0 Å². The van der Waals surface area contributed by atoms with Gasteiger partial charge in [0.15, 0.2) is 0 Å². The number of thioether (sulfide) groups is 1. The summed E-state index contributed by atoms with van der Waals surface area (Å²) in [7, 11) is 1.53. The van der Waals surface area contributed by atoms with Gasteiger partial charge in [-0.25, -0.2) is 0 Å². The van der Waals surface area contributed by atoms with Gasteiger partial charge in [-0.1, -0.05) is 6.92 Å². The highest BCUT2D eigenvalue weighted by atomic mass is 32.2. The van der Waals surface area contributed by atoms with E-state index in [2.05, 4.69) is 5.32 Å². The Hall–Kier alpha value is -1.04. The summed E-state index contributed by atoms with van der Waals surface area (Å²) in [5, 5.41) is 2.21. The fourth-order valence-corrected chi connectivity index (χ4v) is 2.49. The molecule has 1 heterocycles. The zero-order valence-electron chi connectivity index (χ0n) is 9.49. The molecule has 92 valence electrons. The van der Waals surface area contributed by atoms with Crippen LogP contribution in [0.3, 0.4) is 0 Å². The van der Waals surface area contributed by atoms with E-state index in [4.69, 9.17) is 0 Å². The number of carbonyl (C=O) groups is 3. The molecule has 1 saturated heterocycles. The third kappa shape index (κ3) is 2.98. The highest BCUT2D eigenvalue weighted by Gasteiger charge is 2.38. The molecule has 6 heteroatoms. The second-order valence-corrected chi connectivity index (χ2v) is 4.93. The first kappa shape index (κ1) is 13.0. The van der Waals surface area contributed by atoms with Gasteiger partial charge in [0.1, 0.15) is 0 Å². The molecule has 0 spiro atoms. The maximum Gasteiger partial charge on any atom is 0.242 e. The average Bonchev–Trinajstić information content (AvgIpc) is 2.52. The van der Waals surface area contributed by atoms with Crippen LogP contribution in [0.2, 0.25) is 0 Å². The number of nitrogens with one attached hydrogen (secondary N) is 1. The molecular formula is C10H18N2O3S. The predicted octanol–water partition coefficient (Wildman–Crippen LogP) is 0.249. The standard InChI is InChI=1S/C10H16N2O3S.H2/c1-3-16-7-6-9(14)12(10(7)15)5-4-8(13)11-2;/h7H,3-6H2,1-2H3,(H,11,13);1H. The van der Waals surface area contributed by atoms with Gasteiger partial charge in [-0.05, 0) is 5.75 Å². The van der Waals surface area contributed by atoms with Crippen LogP contribution in [0.1, 0.15) is 21.2 Å². The van der Waals surface area contributed by atoms with E-state index in [-0.39, 0.29) is 43.8 Å². The quantitative estimate of drug-likeness (QED) is 0.706. The predicted molar refractivity (Wildman–Crippen MR) is 64.1 cm³/mol. The topological polar surface area (TPSA) is 66.5 Å². The van der Waals surface area contributed by atoms with Crippen molar-refractivity contribution >= 4 is 29.5 Å². The number of carbonyl (C=O) groups excluding carboxylic acids is 3. The molecule has 1 fully saturated rings. The van der Waals surface area contributed by atoms with E-state index in [0.29, 0.717) is 0 Å². The van der Waals surface area contributed by atoms with Crippen LogP contribution in [0, 0.1) is 0 Å². The van der Waals surface area contributed by atoms with E-state index in [1.54, 1.807) is 0 Å². The van der Waals surface area contributed by atoms with Crippen molar-refractivity contribution in [3.8, 4) is 0 Å². The Kier molecular flexibility index (Phi) is 4.79. The number of likely N-dealkylation sites (tertiary alicyclic amines) is 1. The van der Waals surface area contributed by atoms with Gasteiger partial charge in [0.05, 0.1) is 5.25 Å². The molecule has 1 unspecified atom stereocenters. The van der Waals surface area contributed by atoms with Crippen LogP contribution in [0.5, 0.6) is 0 Å². The monoisotopic (exact) mass is 246 g/mol. The van der Waals surface area contributed by atoms with Gasteiger partial charge >= 0.3 is 0 Å². The van der Waals surface area contributed by atoms with Crippen LogP contribution < -0.4 is 5.32 Å². The van der Waals surface area contributed by atoms with Crippen molar-refractivity contribution < 1.29 is 15.8 Å². The lowest BCUT2D eigenvalue weighted by Gasteiger charge is -2.13. The van der Waals surface area contributed by atoms with Gasteiger partial charge in [0.2, 0.25) is 17.7 Å². The van der Waals surface area contributed by atoms with E-state index in [1.807, 2.05) is 6.92 Å². The minimum atomic E-state index is -0.248. The third-order valence-corrected chi connectivity index (χ3v) is 3.52. The van der Waals surface area contributed by atoms with E-state index in [1.165, 1.54) is 23.7 Å². The van der Waals surface area contributed by atoms with E-state index in [9.17, 15) is 14.4 Å². The molecule has 16 heavy (non-hydrogen) atoms. The van der Waals surface area contributed by atoms with Crippen LogP contribution in [-0.2, 0) is 14.4 Å². The Morgan fingerprint density at radius 3 is 2.88 bits per heavy atom. The molecule has 1 rings (SSSR count). The van der Waals surface area contributed by atoms with Crippen molar-refractivity contribution in [2.24, 2.45) is 0 Å². The van der Waals surface area contributed by atoms with E-state index in [0.717, 1.165) is 5.75 Å². The van der Waals surface area contributed by atoms with Gasteiger partial charge in [0.25, 0.3) is 0 Å². The summed E-state index contributed by atoms with van der Waals surface area (Å²) in [6.07, 6.45) is 0.447. The fourth-order valence-electron chi connectivity index (χ4n) is 1.56. The second-order valence-electron chi connectivity index (χ2n) is 3.45. The van der Waals surface area contributed by atoms with Crippen molar-refractivity contribution in [3.63, 3.8) is 0 Å². The molecule has 0 radical (unpaired) electrons. The lowest BCUT2D eigenvalue weighted by molar-refractivity contribution is -0.138. The number of imide groups is 1. The van der Waals surface area contributed by atoms with Gasteiger partial charge in [-0.3, -0.25) is 19.3 Å². The zero-order chi connectivity index (χ0) is 12.1. The molecule has 1 aliphatic heterocycles. The normalized spacial score (nSPS) is 20.4. The van der Waals surface area contributed by atoms with Crippen LogP contribution in [0.4, 0.5) is 0 Å². The van der Waals surface area contributed by atoms with Crippen LogP contribution in [0.15, 0.2) is 0 Å². The molecule has 0 bridgehead atoms. The Labute approximate surface area is 100 Å². The van der Waals surface area contributed by atoms with E-state index < -0.39 is 0 Å². The first-order valence-electron chi connectivity index (χ1n) is 5.26. The summed E-state index contributed by atoms with van der Waals surface area (Å²) < 4.78 is 0. The number of nitrogens with zero attached hydrogens (tertiary/aromatic N) is 1. The Balaban J connectivity index is 0.00000256. The summed E-state index contributed by atoms with van der Waals surface area (Å²) in [4.78, 5) is 35.5. The molecule has 1 aliphatic rings. The Bertz CT molecular complexity index is 312. The molecule has 0 aromatic rings. The molecule has 0 aromatic heterocycles. The minimum absolute atomic E-state index is 0. The summed E-state index contributed by atoms with van der Waals surface area (Å²) in [6, 6.07) is 0. The van der Waals surface area contributed by atoms with Crippen molar-refractivity contribution in [2.75, 3.05) is 19.3 Å². The molecular weight excluding hydrogens is 228 g/mol. The van der Waals surface area contributed by atoms with E-state index >= 15 is 0 Å². The summed E-state index contributed by atoms with van der Waals surface area (Å²) in [6.45, 7) is 2.15. The van der Waals surface area contributed by atoms with Gasteiger partial charge < -0.3 is 5.32 Å². The smallest absolute Gasteiger partial charge is 0.242 e. The molecule has 0 aliphatic carbocycles. The summed E-state index contributed by atoms with van der Waals surface area (Å²) >= 11 is 1.48. The highest BCUT2D eigenvalue weighted by Crippen LogP contribution is 2.24. The van der Waals surface area contributed by atoms with Gasteiger partial charge in [-0.15, -0.1) is 11.8 Å². The number of hydrogen-bond donors (Lipinski definition) is 1. The van der Waals surface area contributed by atoms with Crippen molar-refractivity contribution in [1.82, 2.24) is 10.2 Å². The third-order valence-electron chi connectivity index (χ3n) is 2.41. The SMILES string of the molecule is CCSC1CC(=O)N(CCC(=O)NC)C1=O.[HH]. The fraction of sp³-hybridized carbons (Fsp3) is 0.700. The second kappa shape index (κ2) is 5.89. The largest absolute Gasteiger partial charge is 0.359 e. The van der Waals surface area contributed by atoms with Crippen LogP contribution in [0.25, 0.3) is 0 Å². The molecule has 5 nitrogen and oxygen atoms in total. The number of rotatable bonds is 5. The Morgan fingerprint density at radius 1 is 1.62 bits per heavy atom. The average molecular weight is 246 g/mol. The molecule has 1 atom stereocenters. The molecule has 0 aromatic carbocycles. The van der Waals surface area contributed by atoms with Crippen molar-refractivity contribution in [1.29, 1.82) is 0 Å². The maximum atomic E-state index is 11.8. The minimum Gasteiger partial charge on any atom is -0.359 e. The zero-order valence-corrected chi connectivity index (χ0v) is 10.3. The van der Waals surface area contributed by atoms with Crippen LogP contribution >= 0.6 is 11.8 Å². The van der Waals surface area contributed by atoms with Crippen molar-refractivity contribution in [2.45, 2.75) is 25.0 Å². The van der Waals surface area contributed by atoms with Gasteiger partial charge in [-0.2, -0.15) is 0 Å². The first-order chi connectivity index (χ1) is 7.60. The maximum absolute atomic E-state index is 11.8. The van der Waals surface area contributed by atoms with Gasteiger partial charge in [0, 0.05) is 27.9 Å². The number of hydrogen-bond acceptors (Lipinski definition) is 4. The molecule has 1 N–H and O–H groups in total. The first-order valence-corrected chi connectivity index (χ1v) is 6.31. The summed E-state index contributed by atoms with van der Waals surface area (Å²) in [5.41, 5.74) is 0. The number of amides is 3. The lowest BCUT2D eigenvalue weighted by Crippen LogP contribution is -2.34.